The predicted molar refractivity (Wildman–Crippen MR) is 295 cm³/mol. The molecule has 11 aromatic carbocycles. The Morgan fingerprint density at radius 2 is 0.643 bits per heavy atom. The third-order valence-electron chi connectivity index (χ3n) is 14.3. The van der Waals surface area contributed by atoms with Crippen molar-refractivity contribution in [2.75, 3.05) is 9.80 Å². The molecule has 4 nitrogen and oxygen atoms in total. The number of para-hydroxylation sites is 2. The van der Waals surface area contributed by atoms with Crippen LogP contribution < -0.4 is 9.80 Å². The third-order valence-corrected chi connectivity index (χ3v) is 14.3. The van der Waals surface area contributed by atoms with Crippen molar-refractivity contribution in [1.29, 1.82) is 0 Å². The van der Waals surface area contributed by atoms with Crippen molar-refractivity contribution in [3.8, 4) is 22.3 Å². The van der Waals surface area contributed by atoms with Crippen LogP contribution in [0.25, 0.3) is 87.7 Å². The summed E-state index contributed by atoms with van der Waals surface area (Å²) in [6.45, 7) is 8.76. The first-order valence-corrected chi connectivity index (χ1v) is 24.1. The van der Waals surface area contributed by atoms with Crippen LogP contribution in [0.2, 0.25) is 0 Å². The number of furan rings is 2. The average molecular weight is 901 g/mol. The second-order valence-corrected chi connectivity index (χ2v) is 18.8. The summed E-state index contributed by atoms with van der Waals surface area (Å²) in [5.41, 5.74) is 19.6. The van der Waals surface area contributed by atoms with Gasteiger partial charge in [-0.05, 0) is 173 Å². The molecule has 0 fully saturated rings. The lowest BCUT2D eigenvalue weighted by Crippen LogP contribution is -2.12. The largest absolute Gasteiger partial charge is 0.456 e. The van der Waals surface area contributed by atoms with Gasteiger partial charge in [0.25, 0.3) is 0 Å². The van der Waals surface area contributed by atoms with Crippen LogP contribution in [0.5, 0.6) is 0 Å². The quantitative estimate of drug-likeness (QED) is 0.152. The van der Waals surface area contributed by atoms with E-state index < -0.39 is 0 Å². The molecule has 0 unspecified atom stereocenters. The topological polar surface area (TPSA) is 32.8 Å². The third kappa shape index (κ3) is 6.99. The van der Waals surface area contributed by atoms with Gasteiger partial charge in [0.2, 0.25) is 0 Å². The van der Waals surface area contributed by atoms with Crippen molar-refractivity contribution >= 4 is 99.5 Å². The molecule has 2 aromatic heterocycles. The van der Waals surface area contributed by atoms with E-state index in [2.05, 4.69) is 256 Å². The van der Waals surface area contributed by atoms with Gasteiger partial charge in [-0.25, -0.2) is 0 Å². The molecular weight excluding hydrogens is 853 g/mol. The molecule has 0 amide bonds. The van der Waals surface area contributed by atoms with E-state index in [4.69, 9.17) is 8.83 Å². The van der Waals surface area contributed by atoms with Crippen molar-refractivity contribution in [3.63, 3.8) is 0 Å². The number of hydrogen-bond donors (Lipinski definition) is 0. The van der Waals surface area contributed by atoms with E-state index >= 15 is 0 Å². The molecule has 0 atom stereocenters. The van der Waals surface area contributed by atoms with Crippen LogP contribution >= 0.6 is 0 Å². The highest BCUT2D eigenvalue weighted by molar-refractivity contribution is 6.18. The fraction of sp³-hybridized carbons (Fsp3) is 0.0606. The van der Waals surface area contributed by atoms with Crippen LogP contribution in [0.4, 0.5) is 34.1 Å². The van der Waals surface area contributed by atoms with Gasteiger partial charge in [0.1, 0.15) is 22.3 Å². The smallest absolute Gasteiger partial charge is 0.139 e. The number of anilines is 6. The molecule has 334 valence electrons. The van der Waals surface area contributed by atoms with Crippen molar-refractivity contribution in [1.82, 2.24) is 0 Å². The Morgan fingerprint density at radius 3 is 1.09 bits per heavy atom. The van der Waals surface area contributed by atoms with Crippen LogP contribution in [0.3, 0.4) is 0 Å². The fourth-order valence-corrected chi connectivity index (χ4v) is 10.5. The predicted octanol–water partition coefficient (Wildman–Crippen LogP) is 19.3. The van der Waals surface area contributed by atoms with Gasteiger partial charge >= 0.3 is 0 Å². The number of fused-ring (bicyclic) bond motifs is 8. The van der Waals surface area contributed by atoms with Crippen LogP contribution in [0.15, 0.2) is 227 Å². The summed E-state index contributed by atoms with van der Waals surface area (Å²) >= 11 is 0. The molecule has 0 aliphatic heterocycles. The molecule has 0 radical (unpaired) electrons. The van der Waals surface area contributed by atoms with Gasteiger partial charge in [-0.2, -0.15) is 0 Å². The maximum atomic E-state index is 6.72. The van der Waals surface area contributed by atoms with Gasteiger partial charge in [-0.3, -0.25) is 0 Å². The summed E-state index contributed by atoms with van der Waals surface area (Å²) in [4.78, 5) is 4.80. The molecule has 70 heavy (non-hydrogen) atoms. The molecule has 2 heterocycles. The zero-order valence-electron chi connectivity index (χ0n) is 39.5. The zero-order valence-corrected chi connectivity index (χ0v) is 39.5. The molecule has 0 saturated heterocycles. The highest BCUT2D eigenvalue weighted by atomic mass is 16.3. The Hall–Kier alpha value is -8.86. The number of hydrogen-bond acceptors (Lipinski definition) is 4. The number of nitrogens with zero attached hydrogens (tertiary/aromatic N) is 2. The lowest BCUT2D eigenvalue weighted by molar-refractivity contribution is 0.656. The van der Waals surface area contributed by atoms with E-state index in [0.29, 0.717) is 0 Å². The van der Waals surface area contributed by atoms with Crippen LogP contribution in [0.1, 0.15) is 22.3 Å². The van der Waals surface area contributed by atoms with E-state index in [1.165, 1.54) is 44.5 Å². The van der Waals surface area contributed by atoms with E-state index in [9.17, 15) is 0 Å². The molecule has 0 spiro atoms. The van der Waals surface area contributed by atoms with Crippen LogP contribution in [-0.4, -0.2) is 0 Å². The summed E-state index contributed by atoms with van der Waals surface area (Å²) < 4.78 is 13.4. The van der Waals surface area contributed by atoms with Crippen molar-refractivity contribution < 1.29 is 8.83 Å². The number of benzene rings is 11. The molecule has 4 heteroatoms. The summed E-state index contributed by atoms with van der Waals surface area (Å²) in [7, 11) is 0. The van der Waals surface area contributed by atoms with Gasteiger partial charge in [0, 0.05) is 61.7 Å². The van der Waals surface area contributed by atoms with Crippen LogP contribution in [0, 0.1) is 27.7 Å². The van der Waals surface area contributed by atoms with E-state index in [0.717, 1.165) is 99.5 Å². The SMILES string of the molecule is Cc1ccccc1N(c1ccc2cc3c(cc2c1)oc1cc2oc4cc5cc(N(c6ccccc6C)c6cc(-c7ccccc7)ccc6C)ccc5cc4c2cc13)c1cc(-c2ccccc2)ccc1C. The minimum absolute atomic E-state index is 0.806. The van der Waals surface area contributed by atoms with Gasteiger partial charge in [-0.1, -0.05) is 133 Å². The van der Waals surface area contributed by atoms with E-state index in [1.54, 1.807) is 0 Å². The van der Waals surface area contributed by atoms with Gasteiger partial charge < -0.3 is 18.6 Å². The minimum Gasteiger partial charge on any atom is -0.456 e. The monoisotopic (exact) mass is 900 g/mol. The van der Waals surface area contributed by atoms with E-state index in [-0.39, 0.29) is 0 Å². The van der Waals surface area contributed by atoms with Crippen LogP contribution in [-0.2, 0) is 0 Å². The first-order valence-electron chi connectivity index (χ1n) is 24.1. The van der Waals surface area contributed by atoms with Crippen molar-refractivity contribution in [2.24, 2.45) is 0 Å². The summed E-state index contributed by atoms with van der Waals surface area (Å²) in [6.07, 6.45) is 0. The maximum absolute atomic E-state index is 6.72. The molecule has 13 rings (SSSR count). The first kappa shape index (κ1) is 41.3. The second kappa shape index (κ2) is 16.4. The second-order valence-electron chi connectivity index (χ2n) is 18.8. The first-order chi connectivity index (χ1) is 34.3. The van der Waals surface area contributed by atoms with Crippen molar-refractivity contribution in [3.05, 3.63) is 241 Å². The standard InChI is InChI=1S/C66H48N2O2/c1-41-15-11-13-21-59(41)67(61-35-49(25-23-43(61)3)45-17-7-5-8-18-45)53-29-27-47-33-55-57-39-58-56-34-48-28-30-54(32-52(48)38-64(56)70-66(58)40-65(57)69-63(55)37-51(47)31-53)68(60-22-14-12-16-42(60)2)62-36-50(26-24-44(62)4)46-19-9-6-10-20-46/h5-40H,1-4H3. The average Bonchev–Trinajstić information content (AvgIpc) is 3.92. The fourth-order valence-electron chi connectivity index (χ4n) is 10.5. The normalized spacial score (nSPS) is 11.7. The maximum Gasteiger partial charge on any atom is 0.139 e. The lowest BCUT2D eigenvalue weighted by atomic mass is 10.00. The highest BCUT2D eigenvalue weighted by Gasteiger charge is 2.22. The Bertz CT molecular complexity index is 3920. The Kier molecular flexibility index (Phi) is 9.70. The minimum atomic E-state index is 0.806. The lowest BCUT2D eigenvalue weighted by Gasteiger charge is -2.29. The molecule has 0 N–H and O–H groups in total. The molecule has 0 bridgehead atoms. The van der Waals surface area contributed by atoms with Crippen molar-refractivity contribution in [2.45, 2.75) is 27.7 Å². The Morgan fingerprint density at radius 1 is 0.257 bits per heavy atom. The zero-order chi connectivity index (χ0) is 47.0. The summed E-state index contributed by atoms with van der Waals surface area (Å²) in [5.74, 6) is 0. The summed E-state index contributed by atoms with van der Waals surface area (Å²) in [5, 5.41) is 8.84. The molecule has 0 aliphatic carbocycles. The van der Waals surface area contributed by atoms with E-state index in [1.807, 2.05) is 0 Å². The molecular formula is C66H48N2O2. The van der Waals surface area contributed by atoms with Gasteiger partial charge in [0.15, 0.2) is 0 Å². The summed E-state index contributed by atoms with van der Waals surface area (Å²) in [6, 6.07) is 78.9. The number of rotatable bonds is 8. The molecule has 0 aliphatic rings. The van der Waals surface area contributed by atoms with Gasteiger partial charge in [-0.15, -0.1) is 0 Å². The Labute approximate surface area is 406 Å². The Balaban J connectivity index is 0.900. The highest BCUT2D eigenvalue weighted by Crippen LogP contribution is 2.45. The molecule has 0 saturated carbocycles. The van der Waals surface area contributed by atoms with Gasteiger partial charge in [0.05, 0.1) is 0 Å². The number of aryl methyl sites for hydroxylation is 4. The molecule has 13 aromatic rings.